The molecule has 1 saturated heterocycles. The van der Waals surface area contributed by atoms with Gasteiger partial charge in [-0.05, 0) is 38.3 Å². The number of nitrogens with zero attached hydrogens (tertiary/aromatic N) is 1. The number of fused-ring (bicyclic) bond motifs is 1. The number of nitrogens with one attached hydrogen (secondary N) is 1. The second kappa shape index (κ2) is 8.05. The third-order valence-corrected chi connectivity index (χ3v) is 4.93. The van der Waals surface area contributed by atoms with Gasteiger partial charge in [0.15, 0.2) is 6.61 Å². The molecule has 2 fully saturated rings. The minimum atomic E-state index is -0.374. The molecule has 0 aromatic heterocycles. The fraction of sp³-hybridized carbons (Fsp3) is 0.450. The highest BCUT2D eigenvalue weighted by molar-refractivity contribution is 5.98. The molecular formula is C20H22N2O4. The summed E-state index contributed by atoms with van der Waals surface area (Å²) in [6, 6.07) is 8.82. The largest absolute Gasteiger partial charge is 0.452 e. The Morgan fingerprint density at radius 1 is 1.27 bits per heavy atom. The molecule has 3 atom stereocenters. The number of carbonyl (C=O) groups excluding carboxylic acids is 3. The average molecular weight is 354 g/mol. The maximum atomic E-state index is 12.4. The molecule has 0 spiro atoms. The summed E-state index contributed by atoms with van der Waals surface area (Å²) in [5.74, 6) is 4.77. The predicted molar refractivity (Wildman–Crippen MR) is 94.8 cm³/mol. The molecular weight excluding hydrogens is 332 g/mol. The van der Waals surface area contributed by atoms with Gasteiger partial charge in [-0.25, -0.2) is 4.79 Å². The van der Waals surface area contributed by atoms with E-state index in [1.54, 1.807) is 6.92 Å². The van der Waals surface area contributed by atoms with E-state index in [0.29, 0.717) is 25.8 Å². The van der Waals surface area contributed by atoms with Gasteiger partial charge >= 0.3 is 12.0 Å². The van der Waals surface area contributed by atoms with E-state index in [1.807, 2.05) is 30.3 Å². The van der Waals surface area contributed by atoms with Crippen LogP contribution in [0.3, 0.4) is 0 Å². The summed E-state index contributed by atoms with van der Waals surface area (Å²) < 4.78 is 5.26. The van der Waals surface area contributed by atoms with Crippen LogP contribution in [0, 0.1) is 23.7 Å². The molecule has 1 saturated carbocycles. The molecule has 3 unspecified atom stereocenters. The molecule has 1 N–H and O–H groups in total. The molecule has 1 aromatic carbocycles. The number of hydrogen-bond acceptors (Lipinski definition) is 4. The van der Waals surface area contributed by atoms with Gasteiger partial charge in [-0.2, -0.15) is 0 Å². The van der Waals surface area contributed by atoms with Crippen molar-refractivity contribution in [2.75, 3.05) is 13.2 Å². The number of amides is 3. The Labute approximate surface area is 152 Å². The van der Waals surface area contributed by atoms with E-state index in [-0.39, 0.29) is 42.4 Å². The quantitative estimate of drug-likeness (QED) is 0.665. The van der Waals surface area contributed by atoms with Crippen LogP contribution in [0.2, 0.25) is 0 Å². The maximum Gasteiger partial charge on any atom is 0.324 e. The Morgan fingerprint density at radius 2 is 2.04 bits per heavy atom. The normalized spacial score (nSPS) is 24.8. The van der Waals surface area contributed by atoms with E-state index in [0.717, 1.165) is 5.56 Å². The van der Waals surface area contributed by atoms with Crippen LogP contribution in [-0.2, 0) is 14.3 Å². The highest BCUT2D eigenvalue weighted by atomic mass is 16.5. The van der Waals surface area contributed by atoms with Crippen molar-refractivity contribution in [1.82, 2.24) is 10.2 Å². The van der Waals surface area contributed by atoms with Crippen LogP contribution in [0.15, 0.2) is 30.3 Å². The highest BCUT2D eigenvalue weighted by Gasteiger charge is 2.45. The van der Waals surface area contributed by atoms with Crippen molar-refractivity contribution in [2.45, 2.75) is 32.2 Å². The lowest BCUT2D eigenvalue weighted by Gasteiger charge is -2.41. The summed E-state index contributed by atoms with van der Waals surface area (Å²) in [4.78, 5) is 37.8. The molecule has 1 aromatic rings. The number of imide groups is 1. The topological polar surface area (TPSA) is 75.7 Å². The molecule has 1 aliphatic heterocycles. The first-order valence-electron chi connectivity index (χ1n) is 8.92. The van der Waals surface area contributed by atoms with Crippen LogP contribution in [0.25, 0.3) is 0 Å². The minimum absolute atomic E-state index is 0.0349. The summed E-state index contributed by atoms with van der Waals surface area (Å²) in [6.45, 7) is 2.17. The van der Waals surface area contributed by atoms with E-state index in [4.69, 9.17) is 4.74 Å². The molecule has 6 nitrogen and oxygen atoms in total. The van der Waals surface area contributed by atoms with E-state index < -0.39 is 0 Å². The second-order valence-electron chi connectivity index (χ2n) is 6.53. The van der Waals surface area contributed by atoms with Crippen LogP contribution in [0.5, 0.6) is 0 Å². The summed E-state index contributed by atoms with van der Waals surface area (Å²) in [5.41, 5.74) is 0.868. The standard InChI is InChI=1S/C20H22N2O4/c1-2-22-18(23)16-11-10-15(13-17(16)21-20(22)25)19(24)26-12-6-9-14-7-4-3-5-8-14/h3-5,7-8,15-17H,2,10-13H2,1H3,(H,21,25). The molecule has 0 bridgehead atoms. The van der Waals surface area contributed by atoms with Gasteiger partial charge in [-0.15, -0.1) is 0 Å². The first-order valence-corrected chi connectivity index (χ1v) is 8.92. The zero-order chi connectivity index (χ0) is 18.5. The van der Waals surface area contributed by atoms with Crippen molar-refractivity contribution in [3.8, 4) is 11.8 Å². The third-order valence-electron chi connectivity index (χ3n) is 4.93. The number of hydrogen-bond donors (Lipinski definition) is 1. The lowest BCUT2D eigenvalue weighted by molar-refractivity contribution is -0.151. The predicted octanol–water partition coefficient (Wildman–Crippen LogP) is 1.94. The number of carbonyl (C=O) groups is 3. The van der Waals surface area contributed by atoms with Crippen molar-refractivity contribution in [2.24, 2.45) is 11.8 Å². The second-order valence-corrected chi connectivity index (χ2v) is 6.53. The summed E-state index contributed by atoms with van der Waals surface area (Å²) in [5, 5.41) is 2.85. The summed E-state index contributed by atoms with van der Waals surface area (Å²) in [6.07, 6.45) is 1.60. The first kappa shape index (κ1) is 18.0. The fourth-order valence-corrected chi connectivity index (χ4v) is 3.56. The van der Waals surface area contributed by atoms with Crippen LogP contribution in [-0.4, -0.2) is 42.0 Å². The van der Waals surface area contributed by atoms with Crippen LogP contribution in [0.1, 0.15) is 31.7 Å². The maximum absolute atomic E-state index is 12.4. The molecule has 6 heteroatoms. The smallest absolute Gasteiger partial charge is 0.324 e. The van der Waals surface area contributed by atoms with Gasteiger partial charge in [0.05, 0.1) is 11.8 Å². The van der Waals surface area contributed by atoms with Gasteiger partial charge in [-0.1, -0.05) is 30.0 Å². The highest BCUT2D eigenvalue weighted by Crippen LogP contribution is 2.33. The average Bonchev–Trinajstić information content (AvgIpc) is 2.65. The third kappa shape index (κ3) is 3.88. The van der Waals surface area contributed by atoms with Crippen molar-refractivity contribution in [3.05, 3.63) is 35.9 Å². The van der Waals surface area contributed by atoms with Crippen LogP contribution >= 0.6 is 0 Å². The number of rotatable bonds is 3. The van der Waals surface area contributed by atoms with E-state index in [9.17, 15) is 14.4 Å². The number of benzene rings is 1. The molecule has 3 amide bonds. The molecule has 3 rings (SSSR count). The summed E-state index contributed by atoms with van der Waals surface area (Å²) >= 11 is 0. The lowest BCUT2D eigenvalue weighted by Crippen LogP contribution is -2.61. The molecule has 1 heterocycles. The van der Waals surface area contributed by atoms with Crippen molar-refractivity contribution in [1.29, 1.82) is 0 Å². The minimum Gasteiger partial charge on any atom is -0.452 e. The van der Waals surface area contributed by atoms with Crippen LogP contribution in [0.4, 0.5) is 4.79 Å². The van der Waals surface area contributed by atoms with Crippen molar-refractivity contribution < 1.29 is 19.1 Å². The monoisotopic (exact) mass is 354 g/mol. The fourth-order valence-electron chi connectivity index (χ4n) is 3.56. The number of esters is 1. The molecule has 2 aliphatic rings. The van der Waals surface area contributed by atoms with Gasteiger partial charge in [0.1, 0.15) is 0 Å². The van der Waals surface area contributed by atoms with E-state index in [2.05, 4.69) is 17.2 Å². The molecule has 0 radical (unpaired) electrons. The van der Waals surface area contributed by atoms with E-state index in [1.165, 1.54) is 4.90 Å². The lowest BCUT2D eigenvalue weighted by atomic mass is 9.76. The van der Waals surface area contributed by atoms with E-state index >= 15 is 0 Å². The molecule has 136 valence electrons. The van der Waals surface area contributed by atoms with Crippen LogP contribution < -0.4 is 5.32 Å². The van der Waals surface area contributed by atoms with Gasteiger partial charge in [-0.3, -0.25) is 14.5 Å². The Bertz CT molecular complexity index is 750. The van der Waals surface area contributed by atoms with Gasteiger partial charge in [0, 0.05) is 18.2 Å². The SMILES string of the molecule is CCN1C(=O)NC2CC(C(=O)OCC#Cc3ccccc3)CCC2C1=O. The Hall–Kier alpha value is -2.81. The van der Waals surface area contributed by atoms with Crippen molar-refractivity contribution >= 4 is 17.9 Å². The zero-order valence-electron chi connectivity index (χ0n) is 14.7. The van der Waals surface area contributed by atoms with Crippen molar-refractivity contribution in [3.63, 3.8) is 0 Å². The van der Waals surface area contributed by atoms with Gasteiger partial charge in [0.2, 0.25) is 5.91 Å². The Balaban J connectivity index is 1.52. The van der Waals surface area contributed by atoms with Gasteiger partial charge in [0.25, 0.3) is 0 Å². The van der Waals surface area contributed by atoms with Gasteiger partial charge < -0.3 is 10.1 Å². The Kier molecular flexibility index (Phi) is 5.57. The zero-order valence-corrected chi connectivity index (χ0v) is 14.7. The first-order chi connectivity index (χ1) is 12.6. The Morgan fingerprint density at radius 3 is 2.77 bits per heavy atom. The molecule has 26 heavy (non-hydrogen) atoms. The molecule has 1 aliphatic carbocycles. The summed E-state index contributed by atoms with van der Waals surface area (Å²) in [7, 11) is 0. The number of ether oxygens (including phenoxy) is 1. The number of urea groups is 1.